The van der Waals surface area contributed by atoms with Crippen molar-refractivity contribution < 1.29 is 13.7 Å². The molecule has 0 aliphatic heterocycles. The number of carbonyl (C=O) groups excluding carboxylic acids is 1. The van der Waals surface area contributed by atoms with Gasteiger partial charge in [-0.2, -0.15) is 5.10 Å². The van der Waals surface area contributed by atoms with Gasteiger partial charge in [-0.05, 0) is 51.1 Å². The molecule has 0 bridgehead atoms. The molecule has 0 fully saturated rings. The summed E-state index contributed by atoms with van der Waals surface area (Å²) in [7, 11) is 1.87. The Hall–Kier alpha value is -3.55. The molecule has 3 heterocycles. The van der Waals surface area contributed by atoms with E-state index in [1.54, 1.807) is 29.8 Å². The highest BCUT2D eigenvalue weighted by Gasteiger charge is 2.20. The maximum absolute atomic E-state index is 13.3. The lowest BCUT2D eigenvalue weighted by molar-refractivity contribution is 0.0952. The van der Waals surface area contributed by atoms with Crippen LogP contribution in [0.3, 0.4) is 0 Å². The van der Waals surface area contributed by atoms with Crippen molar-refractivity contribution in [2.75, 3.05) is 0 Å². The molecule has 0 saturated carbocycles. The number of carbonyl (C=O) groups is 1. The van der Waals surface area contributed by atoms with Crippen molar-refractivity contribution in [2.24, 2.45) is 7.05 Å². The van der Waals surface area contributed by atoms with Crippen LogP contribution in [0.15, 0.2) is 34.9 Å². The zero-order valence-corrected chi connectivity index (χ0v) is 16.6. The average molecular weight is 393 g/mol. The summed E-state index contributed by atoms with van der Waals surface area (Å²) in [5, 5.41) is 11.8. The van der Waals surface area contributed by atoms with Gasteiger partial charge in [-0.15, -0.1) is 0 Å². The van der Waals surface area contributed by atoms with Crippen molar-refractivity contribution in [3.8, 4) is 11.3 Å². The quantitative estimate of drug-likeness (QED) is 0.572. The molecule has 0 saturated heterocycles. The fraction of sp³-hybridized carbons (Fsp3) is 0.238. The maximum Gasteiger partial charge on any atom is 0.259 e. The minimum absolute atomic E-state index is 0.267. The largest absolute Gasteiger partial charge is 0.348 e. The zero-order chi connectivity index (χ0) is 20.7. The van der Waals surface area contributed by atoms with E-state index in [1.807, 2.05) is 20.9 Å². The summed E-state index contributed by atoms with van der Waals surface area (Å²) >= 11 is 0. The molecule has 1 aromatic carbocycles. The van der Waals surface area contributed by atoms with Crippen LogP contribution in [0.25, 0.3) is 22.4 Å². The summed E-state index contributed by atoms with van der Waals surface area (Å²) in [6.07, 6.45) is 0. The minimum Gasteiger partial charge on any atom is -0.348 e. The van der Waals surface area contributed by atoms with Crippen molar-refractivity contribution >= 4 is 17.0 Å². The van der Waals surface area contributed by atoms with E-state index in [4.69, 9.17) is 4.52 Å². The average Bonchev–Trinajstić information content (AvgIpc) is 3.19. The minimum atomic E-state index is -0.342. The van der Waals surface area contributed by atoms with Crippen molar-refractivity contribution in [1.82, 2.24) is 25.2 Å². The monoisotopic (exact) mass is 393 g/mol. The number of benzene rings is 1. The zero-order valence-electron chi connectivity index (χ0n) is 16.6. The molecule has 0 aliphatic rings. The number of nitrogens with zero attached hydrogens (tertiary/aromatic N) is 4. The van der Waals surface area contributed by atoms with Crippen LogP contribution in [0.1, 0.15) is 33.0 Å². The third kappa shape index (κ3) is 3.37. The van der Waals surface area contributed by atoms with Crippen molar-refractivity contribution in [3.63, 3.8) is 0 Å². The Labute approximate surface area is 166 Å². The van der Waals surface area contributed by atoms with Crippen LogP contribution in [-0.2, 0) is 13.6 Å². The summed E-state index contributed by atoms with van der Waals surface area (Å²) < 4.78 is 20.4. The van der Waals surface area contributed by atoms with Crippen molar-refractivity contribution in [2.45, 2.75) is 27.3 Å². The van der Waals surface area contributed by atoms with E-state index in [9.17, 15) is 9.18 Å². The topological polar surface area (TPSA) is 85.8 Å². The van der Waals surface area contributed by atoms with Gasteiger partial charge in [0.25, 0.3) is 11.6 Å². The number of hydrogen-bond donors (Lipinski definition) is 1. The van der Waals surface area contributed by atoms with E-state index < -0.39 is 0 Å². The van der Waals surface area contributed by atoms with E-state index in [1.165, 1.54) is 12.1 Å². The van der Waals surface area contributed by atoms with Crippen LogP contribution >= 0.6 is 0 Å². The highest BCUT2D eigenvalue weighted by Crippen LogP contribution is 2.27. The van der Waals surface area contributed by atoms with Crippen LogP contribution in [-0.4, -0.2) is 25.8 Å². The summed E-state index contributed by atoms with van der Waals surface area (Å²) in [6.45, 7) is 5.99. The number of halogens is 1. The molecular formula is C21H20FN5O2. The molecule has 0 spiro atoms. The van der Waals surface area contributed by atoms with E-state index in [-0.39, 0.29) is 17.4 Å². The molecule has 0 atom stereocenters. The number of amides is 1. The molecule has 1 amide bonds. The van der Waals surface area contributed by atoms with Crippen LogP contribution in [0.5, 0.6) is 0 Å². The second kappa shape index (κ2) is 7.12. The van der Waals surface area contributed by atoms with Crippen LogP contribution in [0.4, 0.5) is 4.39 Å². The van der Waals surface area contributed by atoms with Crippen LogP contribution in [0, 0.1) is 26.6 Å². The van der Waals surface area contributed by atoms with E-state index in [2.05, 4.69) is 20.6 Å². The molecule has 3 aromatic heterocycles. The van der Waals surface area contributed by atoms with Gasteiger partial charge >= 0.3 is 0 Å². The Morgan fingerprint density at radius 3 is 2.55 bits per heavy atom. The number of aromatic nitrogens is 4. The van der Waals surface area contributed by atoms with E-state index in [0.717, 1.165) is 17.0 Å². The molecule has 0 radical (unpaired) electrons. The predicted molar refractivity (Wildman–Crippen MR) is 106 cm³/mol. The van der Waals surface area contributed by atoms with Crippen LogP contribution < -0.4 is 5.32 Å². The normalized spacial score (nSPS) is 11.2. The summed E-state index contributed by atoms with van der Waals surface area (Å²) in [5.41, 5.74) is 5.29. The van der Waals surface area contributed by atoms with E-state index >= 15 is 0 Å². The molecule has 0 unspecified atom stereocenters. The van der Waals surface area contributed by atoms with E-state index in [0.29, 0.717) is 34.4 Å². The van der Waals surface area contributed by atoms with Crippen molar-refractivity contribution in [1.29, 1.82) is 0 Å². The lowest BCUT2D eigenvalue weighted by Gasteiger charge is -2.09. The third-order valence-corrected chi connectivity index (χ3v) is 5.09. The molecule has 29 heavy (non-hydrogen) atoms. The Balaban J connectivity index is 1.72. The molecule has 4 rings (SSSR count). The summed E-state index contributed by atoms with van der Waals surface area (Å²) in [6, 6.07) is 7.59. The fourth-order valence-electron chi connectivity index (χ4n) is 3.38. The second-order valence-electron chi connectivity index (χ2n) is 6.97. The van der Waals surface area contributed by atoms with Gasteiger partial charge < -0.3 is 9.84 Å². The number of fused-ring (bicyclic) bond motifs is 1. The summed E-state index contributed by atoms with van der Waals surface area (Å²) in [4.78, 5) is 17.5. The lowest BCUT2D eigenvalue weighted by Crippen LogP contribution is -2.24. The number of rotatable bonds is 4. The molecule has 1 N–H and O–H groups in total. The number of nitrogens with one attached hydrogen (secondary N) is 1. The number of aryl methyl sites for hydroxylation is 3. The van der Waals surface area contributed by atoms with Crippen molar-refractivity contribution in [3.05, 3.63) is 64.4 Å². The molecule has 4 aromatic rings. The van der Waals surface area contributed by atoms with Crippen LogP contribution in [0.2, 0.25) is 0 Å². The second-order valence-corrected chi connectivity index (χ2v) is 6.97. The molecule has 0 aliphatic carbocycles. The third-order valence-electron chi connectivity index (χ3n) is 5.09. The number of hydrogen-bond acceptors (Lipinski definition) is 5. The Morgan fingerprint density at radius 1 is 1.17 bits per heavy atom. The standard InChI is InChI=1S/C21H20FN5O2/c1-11-17(13(3)27(4)25-11)10-23-20(28)16-9-18(14-5-7-15(22)8-6-14)24-21-19(16)12(2)26-29-21/h5-9H,10H2,1-4H3,(H,23,28). The van der Waals surface area contributed by atoms with Gasteiger partial charge in [0.1, 0.15) is 5.82 Å². The molecule has 7 nitrogen and oxygen atoms in total. The van der Waals surface area contributed by atoms with Gasteiger partial charge in [0.05, 0.1) is 28.0 Å². The summed E-state index contributed by atoms with van der Waals surface area (Å²) in [5.74, 6) is -0.611. The Kier molecular flexibility index (Phi) is 4.62. The van der Waals surface area contributed by atoms with Gasteiger partial charge in [-0.3, -0.25) is 9.48 Å². The predicted octanol–water partition coefficient (Wildman–Crippen LogP) is 3.62. The Morgan fingerprint density at radius 2 is 1.90 bits per heavy atom. The van der Waals surface area contributed by atoms with Gasteiger partial charge in [-0.25, -0.2) is 9.37 Å². The fourth-order valence-corrected chi connectivity index (χ4v) is 3.38. The van der Waals surface area contributed by atoms with Gasteiger partial charge in [0.15, 0.2) is 0 Å². The molecule has 148 valence electrons. The smallest absolute Gasteiger partial charge is 0.259 e. The first-order valence-electron chi connectivity index (χ1n) is 9.15. The highest BCUT2D eigenvalue weighted by atomic mass is 19.1. The highest BCUT2D eigenvalue weighted by molar-refractivity contribution is 6.07. The molecule has 8 heteroatoms. The number of pyridine rings is 1. The van der Waals surface area contributed by atoms with Gasteiger partial charge in [0.2, 0.25) is 0 Å². The molecular weight excluding hydrogens is 373 g/mol. The first-order valence-corrected chi connectivity index (χ1v) is 9.15. The van der Waals surface area contributed by atoms with Gasteiger partial charge in [-0.1, -0.05) is 5.16 Å². The Bertz CT molecular complexity index is 1220. The lowest BCUT2D eigenvalue weighted by atomic mass is 10.0. The maximum atomic E-state index is 13.3. The first-order chi connectivity index (χ1) is 13.8. The SMILES string of the molecule is Cc1nn(C)c(C)c1CNC(=O)c1cc(-c2ccc(F)cc2)nc2onc(C)c12. The van der Waals surface area contributed by atoms with Gasteiger partial charge in [0, 0.05) is 30.4 Å². The first kappa shape index (κ1) is 18.8.